The number of nitrogens with one attached hydrogen (secondary N) is 2. The summed E-state index contributed by atoms with van der Waals surface area (Å²) in [5, 5.41) is 7.19. The van der Waals surface area contributed by atoms with Crippen LogP contribution in [0.15, 0.2) is 21.9 Å². The lowest BCUT2D eigenvalue weighted by Crippen LogP contribution is -2.31. The molecule has 0 aromatic carbocycles. The zero-order chi connectivity index (χ0) is 24.1. The summed E-state index contributed by atoms with van der Waals surface area (Å²) in [4.78, 5) is 44.9. The molecule has 0 aliphatic rings. The lowest BCUT2D eigenvalue weighted by atomic mass is 10.2. The zero-order valence-corrected chi connectivity index (χ0v) is 20.2. The molecule has 10 heteroatoms. The molecule has 33 heavy (non-hydrogen) atoms. The van der Waals surface area contributed by atoms with Gasteiger partial charge in [0.2, 0.25) is 5.91 Å². The number of H-pyrrole nitrogens is 1. The van der Waals surface area contributed by atoms with Gasteiger partial charge in [-0.2, -0.15) is 5.10 Å². The fourth-order valence-corrected chi connectivity index (χ4v) is 3.85. The Bertz CT molecular complexity index is 1210. The molecule has 0 unspecified atom stereocenters. The van der Waals surface area contributed by atoms with Crippen molar-refractivity contribution in [1.82, 2.24) is 28.9 Å². The van der Waals surface area contributed by atoms with E-state index in [-0.39, 0.29) is 18.2 Å². The highest BCUT2D eigenvalue weighted by Gasteiger charge is 2.20. The Morgan fingerprint density at radius 2 is 1.85 bits per heavy atom. The van der Waals surface area contributed by atoms with E-state index in [0.29, 0.717) is 54.8 Å². The number of aromatic nitrogens is 6. The fraction of sp³-hybridized carbons (Fsp3) is 0.609. The van der Waals surface area contributed by atoms with Crippen molar-refractivity contribution in [1.29, 1.82) is 0 Å². The molecule has 0 saturated heterocycles. The van der Waals surface area contributed by atoms with Crippen molar-refractivity contribution in [2.45, 2.75) is 79.9 Å². The normalized spacial score (nSPS) is 11.7. The smallest absolute Gasteiger partial charge is 0.322 e. The van der Waals surface area contributed by atoms with Gasteiger partial charge in [-0.3, -0.25) is 19.1 Å². The van der Waals surface area contributed by atoms with Gasteiger partial charge in [0.05, 0.1) is 6.20 Å². The number of unbranched alkanes of at least 4 members (excludes halogenated alkanes) is 1. The molecule has 0 saturated carbocycles. The largest absolute Gasteiger partial charge is 0.330 e. The maximum Gasteiger partial charge on any atom is 0.330 e. The van der Waals surface area contributed by atoms with Crippen molar-refractivity contribution in [3.05, 3.63) is 38.9 Å². The Balaban J connectivity index is 1.88. The van der Waals surface area contributed by atoms with Crippen LogP contribution in [-0.4, -0.2) is 34.8 Å². The van der Waals surface area contributed by atoms with Gasteiger partial charge in [-0.05, 0) is 18.3 Å². The van der Waals surface area contributed by atoms with Crippen LogP contribution in [0.2, 0.25) is 0 Å². The van der Waals surface area contributed by atoms with Crippen LogP contribution in [0.5, 0.6) is 0 Å². The average molecular weight is 458 g/mol. The second-order valence-corrected chi connectivity index (χ2v) is 9.31. The lowest BCUT2D eigenvalue weighted by Gasteiger charge is -2.12. The molecule has 0 fully saturated rings. The summed E-state index contributed by atoms with van der Waals surface area (Å²) >= 11 is 0. The summed E-state index contributed by atoms with van der Waals surface area (Å²) in [5.41, 5.74) is -0.102. The van der Waals surface area contributed by atoms with Gasteiger partial charge in [-0.25, -0.2) is 14.5 Å². The molecule has 180 valence electrons. The quantitative estimate of drug-likeness (QED) is 0.459. The summed E-state index contributed by atoms with van der Waals surface area (Å²) in [6.07, 6.45) is 3.94. The minimum atomic E-state index is -0.446. The second-order valence-electron chi connectivity index (χ2n) is 9.31. The van der Waals surface area contributed by atoms with Gasteiger partial charge in [0, 0.05) is 38.5 Å². The van der Waals surface area contributed by atoms with E-state index in [1.807, 2.05) is 11.5 Å². The van der Waals surface area contributed by atoms with Crippen molar-refractivity contribution < 1.29 is 4.79 Å². The van der Waals surface area contributed by atoms with Gasteiger partial charge >= 0.3 is 5.69 Å². The van der Waals surface area contributed by atoms with E-state index in [2.05, 4.69) is 48.1 Å². The highest BCUT2D eigenvalue weighted by Crippen LogP contribution is 2.17. The number of amides is 1. The maximum absolute atomic E-state index is 12.7. The second kappa shape index (κ2) is 10.6. The fourth-order valence-electron chi connectivity index (χ4n) is 3.85. The Morgan fingerprint density at radius 3 is 2.52 bits per heavy atom. The van der Waals surface area contributed by atoms with E-state index in [0.717, 1.165) is 12.8 Å². The number of anilines is 1. The molecule has 0 radical (unpaired) electrons. The molecule has 0 spiro atoms. The van der Waals surface area contributed by atoms with Crippen LogP contribution < -0.4 is 16.6 Å². The molecular formula is C23H35N7O3. The Kier molecular flexibility index (Phi) is 7.88. The lowest BCUT2D eigenvalue weighted by molar-refractivity contribution is -0.116. The molecule has 3 rings (SSSR count). The number of fused-ring (bicyclic) bond motifs is 1. The molecule has 3 heterocycles. The maximum atomic E-state index is 12.7. The summed E-state index contributed by atoms with van der Waals surface area (Å²) < 4.78 is 5.17. The molecule has 0 aliphatic carbocycles. The minimum absolute atomic E-state index is 0.152. The van der Waals surface area contributed by atoms with E-state index in [1.54, 1.807) is 16.9 Å². The molecule has 3 aromatic heterocycles. The van der Waals surface area contributed by atoms with Crippen molar-refractivity contribution >= 4 is 22.9 Å². The molecular weight excluding hydrogens is 422 g/mol. The Morgan fingerprint density at radius 1 is 1.12 bits per heavy atom. The van der Waals surface area contributed by atoms with Gasteiger partial charge in [-0.15, -0.1) is 0 Å². The SMILES string of the molecule is CCCCn1c(=O)[nH]c(=O)c2c1nc(CCC(=O)Nc1ccnn1CC(C)C)n2CC(C)C. The van der Waals surface area contributed by atoms with Crippen LogP contribution in [-0.2, 0) is 30.8 Å². The number of nitrogens with zero attached hydrogens (tertiary/aromatic N) is 5. The first-order valence-corrected chi connectivity index (χ1v) is 11.7. The van der Waals surface area contributed by atoms with Crippen molar-refractivity contribution in [3.63, 3.8) is 0 Å². The molecule has 0 aliphatic heterocycles. The highest BCUT2D eigenvalue weighted by atomic mass is 16.2. The Labute approximate surface area is 193 Å². The molecule has 3 aromatic rings. The van der Waals surface area contributed by atoms with Crippen LogP contribution in [0, 0.1) is 11.8 Å². The molecule has 2 N–H and O–H groups in total. The standard InChI is InChI=1S/C23H35N7O3/c1-6-7-12-28-21-20(22(32)27-23(28)33)29(13-15(2)3)17(26-21)8-9-19(31)25-18-10-11-24-30(18)14-16(4)5/h10-11,15-16H,6-9,12-14H2,1-5H3,(H,25,31)(H,27,32,33). The molecule has 1 amide bonds. The number of carbonyl (C=O) groups excluding carboxylic acids is 1. The minimum Gasteiger partial charge on any atom is -0.322 e. The van der Waals surface area contributed by atoms with Crippen LogP contribution in [0.4, 0.5) is 5.82 Å². The number of aromatic amines is 1. The van der Waals surface area contributed by atoms with E-state index >= 15 is 0 Å². The summed E-state index contributed by atoms with van der Waals surface area (Å²) in [6.45, 7) is 12.1. The molecule has 0 bridgehead atoms. The predicted octanol–water partition coefficient (Wildman–Crippen LogP) is 2.77. The van der Waals surface area contributed by atoms with E-state index < -0.39 is 11.2 Å². The third-order valence-corrected chi connectivity index (χ3v) is 5.35. The summed E-state index contributed by atoms with van der Waals surface area (Å²) in [6, 6.07) is 1.78. The topological polar surface area (TPSA) is 120 Å². The number of aryl methyl sites for hydroxylation is 2. The van der Waals surface area contributed by atoms with Crippen LogP contribution in [0.3, 0.4) is 0 Å². The first-order valence-electron chi connectivity index (χ1n) is 11.7. The van der Waals surface area contributed by atoms with Crippen LogP contribution in [0.1, 0.15) is 59.7 Å². The van der Waals surface area contributed by atoms with Gasteiger partial charge < -0.3 is 9.88 Å². The predicted molar refractivity (Wildman–Crippen MR) is 128 cm³/mol. The summed E-state index contributed by atoms with van der Waals surface area (Å²) in [7, 11) is 0. The zero-order valence-electron chi connectivity index (χ0n) is 20.2. The first-order chi connectivity index (χ1) is 15.7. The number of imidazole rings is 1. The van der Waals surface area contributed by atoms with Gasteiger partial charge in [0.25, 0.3) is 5.56 Å². The third kappa shape index (κ3) is 5.80. The number of rotatable bonds is 11. The average Bonchev–Trinajstić information content (AvgIpc) is 3.30. The van der Waals surface area contributed by atoms with Gasteiger partial charge in [0.15, 0.2) is 11.2 Å². The van der Waals surface area contributed by atoms with Crippen LogP contribution in [0.25, 0.3) is 11.2 Å². The van der Waals surface area contributed by atoms with Crippen molar-refractivity contribution in [2.24, 2.45) is 11.8 Å². The Hall–Kier alpha value is -3.17. The van der Waals surface area contributed by atoms with Gasteiger partial charge in [0.1, 0.15) is 11.6 Å². The number of hydrogen-bond acceptors (Lipinski definition) is 5. The molecule has 10 nitrogen and oxygen atoms in total. The van der Waals surface area contributed by atoms with E-state index in [1.165, 1.54) is 4.57 Å². The van der Waals surface area contributed by atoms with Gasteiger partial charge in [-0.1, -0.05) is 41.0 Å². The third-order valence-electron chi connectivity index (χ3n) is 5.35. The first kappa shape index (κ1) is 24.5. The molecule has 0 atom stereocenters. The van der Waals surface area contributed by atoms with E-state index in [4.69, 9.17) is 0 Å². The van der Waals surface area contributed by atoms with Crippen molar-refractivity contribution in [2.75, 3.05) is 5.32 Å². The highest BCUT2D eigenvalue weighted by molar-refractivity contribution is 5.90. The number of carbonyl (C=O) groups is 1. The van der Waals surface area contributed by atoms with E-state index in [9.17, 15) is 14.4 Å². The van der Waals surface area contributed by atoms with Crippen LogP contribution >= 0.6 is 0 Å². The number of hydrogen-bond donors (Lipinski definition) is 2. The summed E-state index contributed by atoms with van der Waals surface area (Å²) in [5.74, 6) is 1.80. The van der Waals surface area contributed by atoms with Crippen molar-refractivity contribution in [3.8, 4) is 0 Å². The monoisotopic (exact) mass is 457 g/mol.